The van der Waals surface area contributed by atoms with Crippen molar-refractivity contribution in [3.8, 4) is 0 Å². The van der Waals surface area contributed by atoms with E-state index in [4.69, 9.17) is 14.9 Å². The predicted molar refractivity (Wildman–Crippen MR) is 75.6 cm³/mol. The molecule has 0 aliphatic carbocycles. The Morgan fingerprint density at radius 2 is 1.35 bits per heavy atom. The van der Waals surface area contributed by atoms with E-state index in [1.54, 1.807) is 24.3 Å². The van der Waals surface area contributed by atoms with E-state index in [1.807, 2.05) is 0 Å². The SMILES string of the molecule is O=C(O)c1ccc(Sc2ccc(P(=O)(O)O)cc2)cc1. The van der Waals surface area contributed by atoms with Gasteiger partial charge in [-0.2, -0.15) is 0 Å². The topological polar surface area (TPSA) is 94.8 Å². The van der Waals surface area contributed by atoms with E-state index in [0.717, 1.165) is 9.79 Å². The third-order valence-electron chi connectivity index (χ3n) is 2.51. The third kappa shape index (κ3) is 3.71. The smallest absolute Gasteiger partial charge is 0.356 e. The van der Waals surface area contributed by atoms with Crippen molar-refractivity contribution >= 4 is 30.6 Å². The molecule has 0 heterocycles. The summed E-state index contributed by atoms with van der Waals surface area (Å²) in [6, 6.07) is 12.4. The Morgan fingerprint density at radius 1 is 0.900 bits per heavy atom. The van der Waals surface area contributed by atoms with E-state index in [-0.39, 0.29) is 10.9 Å². The van der Waals surface area contributed by atoms with Gasteiger partial charge in [-0.15, -0.1) is 0 Å². The average molecular weight is 310 g/mol. The lowest BCUT2D eigenvalue weighted by Gasteiger charge is -2.06. The Balaban J connectivity index is 2.14. The maximum Gasteiger partial charge on any atom is 0.356 e. The highest BCUT2D eigenvalue weighted by Crippen LogP contribution is 2.34. The number of aromatic carboxylic acids is 1. The Bertz CT molecular complexity index is 660. The van der Waals surface area contributed by atoms with E-state index in [2.05, 4.69) is 0 Å². The van der Waals surface area contributed by atoms with Gasteiger partial charge in [-0.25, -0.2) is 4.79 Å². The zero-order valence-corrected chi connectivity index (χ0v) is 11.8. The fraction of sp³-hybridized carbons (Fsp3) is 0. The summed E-state index contributed by atoms with van der Waals surface area (Å²) >= 11 is 1.38. The number of benzene rings is 2. The summed E-state index contributed by atoms with van der Waals surface area (Å²) < 4.78 is 11.0. The molecule has 3 N–H and O–H groups in total. The molecule has 2 aromatic carbocycles. The van der Waals surface area contributed by atoms with Crippen LogP contribution in [0.2, 0.25) is 0 Å². The molecule has 0 saturated heterocycles. The second-order valence-electron chi connectivity index (χ2n) is 3.97. The van der Waals surface area contributed by atoms with Crippen molar-refractivity contribution in [1.82, 2.24) is 0 Å². The van der Waals surface area contributed by atoms with Crippen molar-refractivity contribution in [3.05, 3.63) is 54.1 Å². The van der Waals surface area contributed by atoms with E-state index in [0.29, 0.717) is 0 Å². The molecule has 0 saturated carbocycles. The van der Waals surface area contributed by atoms with Crippen LogP contribution in [0.25, 0.3) is 0 Å². The van der Waals surface area contributed by atoms with Gasteiger partial charge in [-0.1, -0.05) is 11.8 Å². The Morgan fingerprint density at radius 3 is 1.75 bits per heavy atom. The van der Waals surface area contributed by atoms with Gasteiger partial charge in [-0.05, 0) is 48.5 Å². The molecule has 104 valence electrons. The lowest BCUT2D eigenvalue weighted by atomic mass is 10.2. The van der Waals surface area contributed by atoms with Crippen LogP contribution in [0.4, 0.5) is 0 Å². The standard InChI is InChI=1S/C13H11O5PS/c14-13(15)9-1-5-11(6-2-9)20-12-7-3-10(4-8-12)19(16,17)18/h1-8H,(H,14,15)(H2,16,17,18). The fourth-order valence-corrected chi connectivity index (χ4v) is 2.86. The average Bonchev–Trinajstić information content (AvgIpc) is 2.39. The minimum absolute atomic E-state index is 0.0249. The summed E-state index contributed by atoms with van der Waals surface area (Å²) in [5.74, 6) is -0.979. The van der Waals surface area contributed by atoms with Crippen LogP contribution in [0, 0.1) is 0 Å². The maximum absolute atomic E-state index is 11.0. The molecule has 0 spiro atoms. The first kappa shape index (κ1) is 14.8. The quantitative estimate of drug-likeness (QED) is 0.750. The molecular weight excluding hydrogens is 299 g/mol. The van der Waals surface area contributed by atoms with Gasteiger partial charge in [0.15, 0.2) is 0 Å². The predicted octanol–water partition coefficient (Wildman–Crippen LogP) is 2.34. The number of carboxylic acid groups (broad SMARTS) is 1. The van der Waals surface area contributed by atoms with Crippen molar-refractivity contribution in [3.63, 3.8) is 0 Å². The van der Waals surface area contributed by atoms with Gasteiger partial charge < -0.3 is 14.9 Å². The molecule has 7 heteroatoms. The first-order valence-corrected chi connectivity index (χ1v) is 7.96. The van der Waals surface area contributed by atoms with Crippen LogP contribution in [0.15, 0.2) is 58.3 Å². The minimum atomic E-state index is -4.21. The second-order valence-corrected chi connectivity index (χ2v) is 6.72. The normalized spacial score (nSPS) is 11.3. The zero-order valence-electron chi connectivity index (χ0n) is 10.1. The van der Waals surface area contributed by atoms with Crippen LogP contribution in [-0.4, -0.2) is 20.9 Å². The van der Waals surface area contributed by atoms with Crippen LogP contribution in [0.5, 0.6) is 0 Å². The van der Waals surface area contributed by atoms with E-state index in [9.17, 15) is 9.36 Å². The summed E-state index contributed by atoms with van der Waals surface area (Å²) in [6.45, 7) is 0. The van der Waals surface area contributed by atoms with Gasteiger partial charge in [0.1, 0.15) is 0 Å². The number of hydrogen-bond donors (Lipinski definition) is 3. The largest absolute Gasteiger partial charge is 0.478 e. The van der Waals surface area contributed by atoms with Gasteiger partial charge in [0, 0.05) is 9.79 Å². The molecule has 20 heavy (non-hydrogen) atoms. The van der Waals surface area contributed by atoms with Gasteiger partial charge in [-0.3, -0.25) is 4.57 Å². The Labute approximate surface area is 119 Å². The van der Waals surface area contributed by atoms with Crippen molar-refractivity contribution in [2.75, 3.05) is 0 Å². The Kier molecular flexibility index (Phi) is 4.30. The van der Waals surface area contributed by atoms with Crippen LogP contribution in [0.3, 0.4) is 0 Å². The van der Waals surface area contributed by atoms with E-state index < -0.39 is 13.6 Å². The molecule has 2 aromatic rings. The van der Waals surface area contributed by atoms with E-state index in [1.165, 1.54) is 36.0 Å². The molecule has 0 amide bonds. The molecule has 0 unspecified atom stereocenters. The molecule has 0 aliphatic rings. The van der Waals surface area contributed by atoms with Crippen molar-refractivity contribution in [1.29, 1.82) is 0 Å². The molecule has 0 radical (unpaired) electrons. The van der Waals surface area contributed by atoms with Gasteiger partial charge in [0.25, 0.3) is 0 Å². The van der Waals surface area contributed by atoms with Crippen LogP contribution >= 0.6 is 19.4 Å². The summed E-state index contributed by atoms with van der Waals surface area (Å²) in [5, 5.41) is 8.77. The lowest BCUT2D eigenvalue weighted by Crippen LogP contribution is -2.02. The molecule has 0 fully saturated rings. The number of hydrogen-bond acceptors (Lipinski definition) is 3. The first-order chi connectivity index (χ1) is 9.36. The Hall–Kier alpha value is -1.59. The van der Waals surface area contributed by atoms with Crippen LogP contribution in [0.1, 0.15) is 10.4 Å². The summed E-state index contributed by atoms with van der Waals surface area (Å²) in [6.07, 6.45) is 0. The third-order valence-corrected chi connectivity index (χ3v) is 4.50. The van der Waals surface area contributed by atoms with Crippen LogP contribution in [-0.2, 0) is 4.57 Å². The first-order valence-electron chi connectivity index (χ1n) is 5.53. The maximum atomic E-state index is 11.0. The molecule has 0 bridgehead atoms. The highest BCUT2D eigenvalue weighted by Gasteiger charge is 2.16. The highest BCUT2D eigenvalue weighted by molar-refractivity contribution is 7.99. The molecule has 2 rings (SSSR count). The lowest BCUT2D eigenvalue weighted by molar-refractivity contribution is 0.0696. The molecule has 0 atom stereocenters. The number of carbonyl (C=O) groups is 1. The molecule has 0 aliphatic heterocycles. The minimum Gasteiger partial charge on any atom is -0.478 e. The van der Waals surface area contributed by atoms with Crippen molar-refractivity contribution in [2.24, 2.45) is 0 Å². The fourth-order valence-electron chi connectivity index (χ4n) is 1.51. The summed E-state index contributed by atoms with van der Waals surface area (Å²) in [4.78, 5) is 30.4. The molecule has 0 aromatic heterocycles. The van der Waals surface area contributed by atoms with Gasteiger partial charge in [0.2, 0.25) is 0 Å². The molecular formula is C13H11O5PS. The number of carboxylic acids is 1. The van der Waals surface area contributed by atoms with Gasteiger partial charge >= 0.3 is 13.6 Å². The monoisotopic (exact) mass is 310 g/mol. The summed E-state index contributed by atoms with van der Waals surface area (Å²) in [7, 11) is -4.21. The highest BCUT2D eigenvalue weighted by atomic mass is 32.2. The summed E-state index contributed by atoms with van der Waals surface area (Å²) in [5.41, 5.74) is 0.214. The number of rotatable bonds is 4. The van der Waals surface area contributed by atoms with Crippen molar-refractivity contribution < 1.29 is 24.3 Å². The zero-order chi connectivity index (χ0) is 14.8. The van der Waals surface area contributed by atoms with E-state index >= 15 is 0 Å². The molecule has 5 nitrogen and oxygen atoms in total. The van der Waals surface area contributed by atoms with Crippen molar-refractivity contribution in [2.45, 2.75) is 9.79 Å². The second kappa shape index (κ2) is 5.81. The van der Waals surface area contributed by atoms with Crippen LogP contribution < -0.4 is 5.30 Å². The van der Waals surface area contributed by atoms with Gasteiger partial charge in [0.05, 0.1) is 10.9 Å².